The molecule has 2 heterocycles. The van der Waals surface area contributed by atoms with Gasteiger partial charge in [0.25, 0.3) is 5.91 Å². The van der Waals surface area contributed by atoms with Crippen LogP contribution in [0.4, 0.5) is 0 Å². The standard InChI is InChI=1S/C27H25N3O2/c31-26(23-19-28-24-14-8-7-13-22(23)24)25(20-9-3-1-4-10-20)29-15-17-30(18-16-29)27(32)21-11-5-2-6-12-21/h1-14,19,25,28H,15-18H2. The number of Topliss-reactive ketones (excluding diaryl/α,β-unsaturated/α-hetero) is 1. The molecule has 5 heteroatoms. The number of benzene rings is 3. The van der Waals surface area contributed by atoms with E-state index in [0.717, 1.165) is 16.5 Å². The molecule has 1 N–H and O–H groups in total. The number of ketones is 1. The fourth-order valence-corrected chi connectivity index (χ4v) is 4.53. The molecular weight excluding hydrogens is 398 g/mol. The summed E-state index contributed by atoms with van der Waals surface area (Å²) in [6.45, 7) is 2.48. The predicted octanol–water partition coefficient (Wildman–Crippen LogP) is 4.55. The Bertz CT molecular complexity index is 1230. The Balaban J connectivity index is 1.40. The van der Waals surface area contributed by atoms with E-state index in [4.69, 9.17) is 0 Å². The van der Waals surface area contributed by atoms with Crippen molar-refractivity contribution in [1.29, 1.82) is 0 Å². The Morgan fingerprint density at radius 2 is 1.38 bits per heavy atom. The largest absolute Gasteiger partial charge is 0.360 e. The molecule has 0 bridgehead atoms. The average molecular weight is 424 g/mol. The molecule has 1 fully saturated rings. The highest BCUT2D eigenvalue weighted by Crippen LogP contribution is 2.30. The van der Waals surface area contributed by atoms with Crippen LogP contribution in [0.3, 0.4) is 0 Å². The van der Waals surface area contributed by atoms with Crippen molar-refractivity contribution in [3.63, 3.8) is 0 Å². The number of fused-ring (bicyclic) bond motifs is 1. The first-order chi connectivity index (χ1) is 15.7. The number of carbonyl (C=O) groups excluding carboxylic acids is 2. The van der Waals surface area contributed by atoms with Crippen LogP contribution in [0, 0.1) is 0 Å². The Kier molecular flexibility index (Phi) is 5.57. The minimum Gasteiger partial charge on any atom is -0.360 e. The molecule has 1 aliphatic heterocycles. The highest BCUT2D eigenvalue weighted by atomic mass is 16.2. The Morgan fingerprint density at radius 1 is 0.750 bits per heavy atom. The summed E-state index contributed by atoms with van der Waals surface area (Å²) in [4.78, 5) is 34.0. The molecular formula is C27H25N3O2. The number of nitrogens with zero attached hydrogens (tertiary/aromatic N) is 2. The Labute approximate surface area is 187 Å². The van der Waals surface area contributed by atoms with Gasteiger partial charge < -0.3 is 9.88 Å². The molecule has 0 aliphatic carbocycles. The van der Waals surface area contributed by atoms with Gasteiger partial charge in [0.1, 0.15) is 0 Å². The minimum atomic E-state index is -0.385. The van der Waals surface area contributed by atoms with Crippen LogP contribution in [0.1, 0.15) is 32.3 Å². The van der Waals surface area contributed by atoms with E-state index in [1.54, 1.807) is 0 Å². The van der Waals surface area contributed by atoms with Crippen LogP contribution < -0.4 is 0 Å². The third-order valence-corrected chi connectivity index (χ3v) is 6.21. The van der Waals surface area contributed by atoms with Crippen LogP contribution >= 0.6 is 0 Å². The van der Waals surface area contributed by atoms with E-state index in [1.165, 1.54) is 0 Å². The summed E-state index contributed by atoms with van der Waals surface area (Å²) < 4.78 is 0. The second kappa shape index (κ2) is 8.81. The number of H-pyrrole nitrogens is 1. The molecule has 5 rings (SSSR count). The lowest BCUT2D eigenvalue weighted by molar-refractivity contribution is 0.0532. The number of hydrogen-bond donors (Lipinski definition) is 1. The monoisotopic (exact) mass is 423 g/mol. The van der Waals surface area contributed by atoms with Crippen LogP contribution in [-0.2, 0) is 0 Å². The van der Waals surface area contributed by atoms with Crippen molar-refractivity contribution in [2.24, 2.45) is 0 Å². The second-order valence-corrected chi connectivity index (χ2v) is 8.12. The first-order valence-electron chi connectivity index (χ1n) is 11.0. The molecule has 1 saturated heterocycles. The quantitative estimate of drug-likeness (QED) is 0.479. The fraction of sp³-hybridized carbons (Fsp3) is 0.185. The molecule has 160 valence electrons. The van der Waals surface area contributed by atoms with Gasteiger partial charge in [-0.2, -0.15) is 0 Å². The number of carbonyl (C=O) groups is 2. The Morgan fingerprint density at radius 3 is 2.09 bits per heavy atom. The molecule has 5 nitrogen and oxygen atoms in total. The lowest BCUT2D eigenvalue weighted by Crippen LogP contribution is -2.51. The molecule has 1 amide bonds. The molecule has 3 aromatic carbocycles. The smallest absolute Gasteiger partial charge is 0.253 e. The summed E-state index contributed by atoms with van der Waals surface area (Å²) >= 11 is 0. The predicted molar refractivity (Wildman–Crippen MR) is 126 cm³/mol. The van der Waals surface area contributed by atoms with E-state index in [2.05, 4.69) is 9.88 Å². The van der Waals surface area contributed by atoms with Crippen molar-refractivity contribution in [1.82, 2.24) is 14.8 Å². The molecule has 1 aliphatic rings. The first kappa shape index (κ1) is 20.2. The van der Waals surface area contributed by atoms with Crippen LogP contribution in [0.2, 0.25) is 0 Å². The third kappa shape index (κ3) is 3.83. The Hall–Kier alpha value is -3.70. The summed E-state index contributed by atoms with van der Waals surface area (Å²) in [6, 6.07) is 26.8. The van der Waals surface area contributed by atoms with Gasteiger partial charge in [-0.1, -0.05) is 66.7 Å². The molecule has 0 spiro atoms. The molecule has 1 unspecified atom stereocenters. The summed E-state index contributed by atoms with van der Waals surface area (Å²) in [5, 5.41) is 0.941. The summed E-state index contributed by atoms with van der Waals surface area (Å²) in [5.74, 6) is 0.126. The number of hydrogen-bond acceptors (Lipinski definition) is 3. The van der Waals surface area contributed by atoms with Gasteiger partial charge in [0.2, 0.25) is 0 Å². The van der Waals surface area contributed by atoms with Crippen molar-refractivity contribution in [2.45, 2.75) is 6.04 Å². The average Bonchev–Trinajstić information content (AvgIpc) is 3.30. The van der Waals surface area contributed by atoms with Crippen LogP contribution in [0.15, 0.2) is 91.1 Å². The number of nitrogens with one attached hydrogen (secondary N) is 1. The summed E-state index contributed by atoms with van der Waals surface area (Å²) in [5.41, 5.74) is 3.35. The summed E-state index contributed by atoms with van der Waals surface area (Å²) in [7, 11) is 0. The van der Waals surface area contributed by atoms with Crippen LogP contribution in [0.25, 0.3) is 10.9 Å². The maximum atomic E-state index is 13.8. The van der Waals surface area contributed by atoms with Crippen molar-refractivity contribution < 1.29 is 9.59 Å². The van der Waals surface area contributed by atoms with Crippen molar-refractivity contribution >= 4 is 22.6 Å². The maximum Gasteiger partial charge on any atom is 0.253 e. The topological polar surface area (TPSA) is 56.4 Å². The van der Waals surface area contributed by atoms with Gasteiger partial charge in [-0.25, -0.2) is 0 Å². The van der Waals surface area contributed by atoms with E-state index >= 15 is 0 Å². The SMILES string of the molecule is O=C(c1c[nH]c2ccccc12)C(c1ccccc1)N1CCN(C(=O)c2ccccc2)CC1. The molecule has 1 atom stereocenters. The van der Waals surface area contributed by atoms with Crippen molar-refractivity contribution in [3.8, 4) is 0 Å². The second-order valence-electron chi connectivity index (χ2n) is 8.12. The molecule has 4 aromatic rings. The first-order valence-corrected chi connectivity index (χ1v) is 11.0. The van der Waals surface area contributed by atoms with E-state index in [9.17, 15) is 9.59 Å². The zero-order valence-electron chi connectivity index (χ0n) is 17.8. The number of amides is 1. The van der Waals surface area contributed by atoms with E-state index in [0.29, 0.717) is 37.3 Å². The highest BCUT2D eigenvalue weighted by Gasteiger charge is 2.33. The maximum absolute atomic E-state index is 13.8. The van der Waals surface area contributed by atoms with Gasteiger partial charge in [0.05, 0.1) is 6.04 Å². The number of aromatic nitrogens is 1. The zero-order chi connectivity index (χ0) is 21.9. The van der Waals surface area contributed by atoms with Crippen LogP contribution in [-0.4, -0.2) is 52.7 Å². The number of aromatic amines is 1. The number of piperazine rings is 1. The van der Waals surface area contributed by atoms with E-state index in [-0.39, 0.29) is 17.7 Å². The van der Waals surface area contributed by atoms with Gasteiger partial charge in [-0.15, -0.1) is 0 Å². The van der Waals surface area contributed by atoms with Crippen molar-refractivity contribution in [2.75, 3.05) is 26.2 Å². The van der Waals surface area contributed by atoms with Crippen LogP contribution in [0.5, 0.6) is 0 Å². The molecule has 1 aromatic heterocycles. The lowest BCUT2D eigenvalue weighted by atomic mass is 9.95. The van der Waals surface area contributed by atoms with Gasteiger partial charge in [0, 0.05) is 54.4 Å². The van der Waals surface area contributed by atoms with E-state index < -0.39 is 0 Å². The van der Waals surface area contributed by atoms with Gasteiger partial charge in [-0.3, -0.25) is 14.5 Å². The zero-order valence-corrected chi connectivity index (χ0v) is 17.8. The molecule has 0 saturated carbocycles. The van der Waals surface area contributed by atoms with E-state index in [1.807, 2.05) is 96.0 Å². The summed E-state index contributed by atoms with van der Waals surface area (Å²) in [6.07, 6.45) is 1.82. The number of para-hydroxylation sites is 1. The normalized spacial score (nSPS) is 15.6. The third-order valence-electron chi connectivity index (χ3n) is 6.21. The highest BCUT2D eigenvalue weighted by molar-refractivity contribution is 6.10. The molecule has 0 radical (unpaired) electrons. The van der Waals surface area contributed by atoms with Gasteiger partial charge in [-0.05, 0) is 23.8 Å². The lowest BCUT2D eigenvalue weighted by Gasteiger charge is -2.39. The van der Waals surface area contributed by atoms with Crippen molar-refractivity contribution in [3.05, 3.63) is 108 Å². The molecule has 32 heavy (non-hydrogen) atoms. The minimum absolute atomic E-state index is 0.0458. The fourth-order valence-electron chi connectivity index (χ4n) is 4.53. The van der Waals surface area contributed by atoms with Gasteiger partial charge in [0.15, 0.2) is 5.78 Å². The van der Waals surface area contributed by atoms with Gasteiger partial charge >= 0.3 is 0 Å². The number of rotatable bonds is 5.